The van der Waals surface area contributed by atoms with Gasteiger partial charge in [0.1, 0.15) is 5.82 Å². The third-order valence-corrected chi connectivity index (χ3v) is 5.44. The van der Waals surface area contributed by atoms with Gasteiger partial charge in [0.2, 0.25) is 5.91 Å². The van der Waals surface area contributed by atoms with E-state index < -0.39 is 0 Å². The Kier molecular flexibility index (Phi) is 7.08. The lowest BCUT2D eigenvalue weighted by Gasteiger charge is -2.08. The van der Waals surface area contributed by atoms with E-state index in [1.54, 1.807) is 24.3 Å². The predicted molar refractivity (Wildman–Crippen MR) is 109 cm³/mol. The third-order valence-electron chi connectivity index (χ3n) is 4.47. The van der Waals surface area contributed by atoms with Crippen LogP contribution < -0.4 is 5.32 Å². The topological polar surface area (TPSA) is 86.1 Å². The molecular formula is C20H26N4O3S. The van der Waals surface area contributed by atoms with Crippen LogP contribution in [0.5, 0.6) is 0 Å². The van der Waals surface area contributed by atoms with E-state index >= 15 is 0 Å². The van der Waals surface area contributed by atoms with Crippen molar-refractivity contribution in [1.82, 2.24) is 14.8 Å². The molecule has 1 fully saturated rings. The maximum atomic E-state index is 12.3. The van der Waals surface area contributed by atoms with E-state index in [-0.39, 0.29) is 17.6 Å². The number of anilines is 1. The van der Waals surface area contributed by atoms with Gasteiger partial charge in [-0.15, -0.1) is 10.2 Å². The molecule has 1 saturated carbocycles. The Morgan fingerprint density at radius 1 is 1.21 bits per heavy atom. The van der Waals surface area contributed by atoms with E-state index in [2.05, 4.69) is 27.0 Å². The zero-order valence-corrected chi connectivity index (χ0v) is 17.1. The molecule has 0 atom stereocenters. The van der Waals surface area contributed by atoms with Gasteiger partial charge in [0, 0.05) is 18.2 Å². The minimum absolute atomic E-state index is 0.123. The summed E-state index contributed by atoms with van der Waals surface area (Å²) >= 11 is 1.39. The van der Waals surface area contributed by atoms with E-state index in [4.69, 9.17) is 4.74 Å². The normalized spacial score (nSPS) is 13.4. The van der Waals surface area contributed by atoms with E-state index in [0.717, 1.165) is 30.4 Å². The molecule has 28 heavy (non-hydrogen) atoms. The second-order valence-corrected chi connectivity index (χ2v) is 7.71. The number of ether oxygens (including phenoxy) is 1. The Morgan fingerprint density at radius 2 is 1.96 bits per heavy atom. The molecule has 0 radical (unpaired) electrons. The number of esters is 1. The van der Waals surface area contributed by atoms with Gasteiger partial charge < -0.3 is 14.6 Å². The smallest absolute Gasteiger partial charge is 0.338 e. The van der Waals surface area contributed by atoms with Crippen LogP contribution in [-0.4, -0.2) is 39.0 Å². The van der Waals surface area contributed by atoms with Crippen LogP contribution >= 0.6 is 11.8 Å². The van der Waals surface area contributed by atoms with Crippen molar-refractivity contribution in [3.05, 3.63) is 35.7 Å². The van der Waals surface area contributed by atoms with Gasteiger partial charge in [0.05, 0.1) is 17.9 Å². The standard InChI is InChI=1S/C20H26N4O3S/c1-3-5-12-27-19(26)15-8-10-16(11-9-15)21-17(25)13-28-20-23-22-18(14-6-7-14)24(20)4-2/h8-11,14H,3-7,12-13H2,1-2H3,(H,21,25). The average molecular weight is 403 g/mol. The molecule has 0 saturated heterocycles. The number of amides is 1. The highest BCUT2D eigenvalue weighted by Crippen LogP contribution is 2.39. The predicted octanol–water partition coefficient (Wildman–Crippen LogP) is 3.86. The molecule has 0 unspecified atom stereocenters. The Balaban J connectivity index is 1.49. The molecule has 1 aromatic carbocycles. The summed E-state index contributed by atoms with van der Waals surface area (Å²) in [6.45, 7) is 5.34. The molecule has 1 amide bonds. The molecule has 1 N–H and O–H groups in total. The Bertz CT molecular complexity index is 815. The summed E-state index contributed by atoms with van der Waals surface area (Å²) in [5.74, 6) is 1.35. The van der Waals surface area contributed by atoms with Gasteiger partial charge in [0.15, 0.2) is 5.16 Å². The highest BCUT2D eigenvalue weighted by Gasteiger charge is 2.30. The maximum absolute atomic E-state index is 12.3. The molecule has 7 nitrogen and oxygen atoms in total. The second-order valence-electron chi connectivity index (χ2n) is 6.76. The van der Waals surface area contributed by atoms with Gasteiger partial charge in [-0.3, -0.25) is 4.79 Å². The molecule has 0 aliphatic heterocycles. The molecular weight excluding hydrogens is 376 g/mol. The van der Waals surface area contributed by atoms with Crippen molar-refractivity contribution in [3.63, 3.8) is 0 Å². The Labute approximate surface area is 169 Å². The van der Waals surface area contributed by atoms with Crippen molar-refractivity contribution in [2.24, 2.45) is 0 Å². The van der Waals surface area contributed by atoms with Crippen LogP contribution in [0, 0.1) is 0 Å². The van der Waals surface area contributed by atoms with Crippen LogP contribution in [0.3, 0.4) is 0 Å². The van der Waals surface area contributed by atoms with Crippen LogP contribution in [0.1, 0.15) is 61.6 Å². The quantitative estimate of drug-likeness (QED) is 0.369. The summed E-state index contributed by atoms with van der Waals surface area (Å²) in [5.41, 5.74) is 1.12. The van der Waals surface area contributed by atoms with Crippen LogP contribution in [0.4, 0.5) is 5.69 Å². The van der Waals surface area contributed by atoms with Gasteiger partial charge >= 0.3 is 5.97 Å². The van der Waals surface area contributed by atoms with Gasteiger partial charge in [0.25, 0.3) is 0 Å². The van der Waals surface area contributed by atoms with Crippen LogP contribution in [0.2, 0.25) is 0 Å². The fourth-order valence-corrected chi connectivity index (χ4v) is 3.57. The van der Waals surface area contributed by atoms with Crippen molar-refractivity contribution in [1.29, 1.82) is 0 Å². The lowest BCUT2D eigenvalue weighted by Crippen LogP contribution is -2.15. The van der Waals surface area contributed by atoms with Crippen LogP contribution in [0.15, 0.2) is 29.4 Å². The molecule has 3 rings (SSSR count). The summed E-state index contributed by atoms with van der Waals surface area (Å²) in [4.78, 5) is 24.1. The van der Waals surface area contributed by atoms with E-state index in [1.807, 2.05) is 6.92 Å². The number of hydrogen-bond donors (Lipinski definition) is 1. The Morgan fingerprint density at radius 3 is 2.61 bits per heavy atom. The molecule has 2 aromatic rings. The summed E-state index contributed by atoms with van der Waals surface area (Å²) in [6, 6.07) is 6.73. The SMILES string of the molecule is CCCCOC(=O)c1ccc(NC(=O)CSc2nnc(C3CC3)n2CC)cc1. The van der Waals surface area contributed by atoms with Crippen LogP contribution in [0.25, 0.3) is 0 Å². The lowest BCUT2D eigenvalue weighted by molar-refractivity contribution is -0.113. The molecule has 1 aliphatic carbocycles. The Hall–Kier alpha value is -2.35. The number of carbonyl (C=O) groups excluding carboxylic acids is 2. The van der Waals surface area contributed by atoms with E-state index in [0.29, 0.717) is 23.8 Å². The summed E-state index contributed by atoms with van der Waals surface area (Å²) in [5, 5.41) is 12.1. The number of carbonyl (C=O) groups is 2. The molecule has 1 aromatic heterocycles. The molecule has 8 heteroatoms. The first-order valence-corrected chi connectivity index (χ1v) is 10.7. The van der Waals surface area contributed by atoms with Crippen molar-refractivity contribution < 1.29 is 14.3 Å². The fourth-order valence-electron chi connectivity index (χ4n) is 2.76. The number of benzene rings is 1. The largest absolute Gasteiger partial charge is 0.462 e. The first-order valence-electron chi connectivity index (χ1n) is 9.75. The van der Waals surface area contributed by atoms with E-state index in [9.17, 15) is 9.59 Å². The molecule has 0 spiro atoms. The van der Waals surface area contributed by atoms with Crippen molar-refractivity contribution in [2.45, 2.75) is 57.1 Å². The van der Waals surface area contributed by atoms with Gasteiger partial charge in [-0.25, -0.2) is 4.79 Å². The molecule has 150 valence electrons. The monoisotopic (exact) mass is 402 g/mol. The number of nitrogens with zero attached hydrogens (tertiary/aromatic N) is 3. The van der Waals surface area contributed by atoms with E-state index in [1.165, 1.54) is 24.6 Å². The molecule has 0 bridgehead atoms. The van der Waals surface area contributed by atoms with Gasteiger partial charge in [-0.2, -0.15) is 0 Å². The van der Waals surface area contributed by atoms with Crippen molar-refractivity contribution in [2.75, 3.05) is 17.7 Å². The summed E-state index contributed by atoms with van der Waals surface area (Å²) < 4.78 is 7.27. The molecule has 1 aliphatic rings. The maximum Gasteiger partial charge on any atom is 0.338 e. The van der Waals surface area contributed by atoms with Crippen LogP contribution in [-0.2, 0) is 16.1 Å². The number of rotatable bonds is 10. The van der Waals surface area contributed by atoms with Gasteiger partial charge in [-0.05, 0) is 50.5 Å². The minimum atomic E-state index is -0.341. The fraction of sp³-hybridized carbons (Fsp3) is 0.500. The third kappa shape index (κ3) is 5.34. The summed E-state index contributed by atoms with van der Waals surface area (Å²) in [7, 11) is 0. The van der Waals surface area contributed by atoms with Crippen molar-refractivity contribution >= 4 is 29.3 Å². The molecule has 1 heterocycles. The minimum Gasteiger partial charge on any atom is -0.462 e. The zero-order valence-electron chi connectivity index (χ0n) is 16.3. The highest BCUT2D eigenvalue weighted by atomic mass is 32.2. The van der Waals surface area contributed by atoms with Gasteiger partial charge in [-0.1, -0.05) is 25.1 Å². The van der Waals surface area contributed by atoms with Crippen molar-refractivity contribution in [3.8, 4) is 0 Å². The first kappa shape index (κ1) is 20.4. The number of aromatic nitrogens is 3. The first-order chi connectivity index (χ1) is 13.6. The lowest BCUT2D eigenvalue weighted by atomic mass is 10.2. The number of unbranched alkanes of at least 4 members (excludes halogenated alkanes) is 1. The average Bonchev–Trinajstić information content (AvgIpc) is 3.46. The summed E-state index contributed by atoms with van der Waals surface area (Å²) in [6.07, 6.45) is 4.18. The number of nitrogens with one attached hydrogen (secondary N) is 1. The highest BCUT2D eigenvalue weighted by molar-refractivity contribution is 7.99. The number of thioether (sulfide) groups is 1. The number of hydrogen-bond acceptors (Lipinski definition) is 6. The zero-order chi connectivity index (χ0) is 19.9. The second kappa shape index (κ2) is 9.73.